The molecular weight excluding hydrogens is 250 g/mol. The van der Waals surface area contributed by atoms with Crippen LogP contribution in [-0.2, 0) is 17.6 Å². The number of aryl methyl sites for hydroxylation is 3. The smallest absolute Gasteiger partial charge is 0.493 e. The van der Waals surface area contributed by atoms with E-state index in [4.69, 9.17) is 9.47 Å². The molecule has 2 nitrogen and oxygen atoms in total. The van der Waals surface area contributed by atoms with Crippen molar-refractivity contribution in [3.63, 3.8) is 0 Å². The maximum Gasteiger partial charge on any atom is 1.00 e. The van der Waals surface area contributed by atoms with Crippen molar-refractivity contribution in [3.05, 3.63) is 65.2 Å². The standard InChI is InChI=1S/C17H18O2.2Li/c1-14-7-3-4-8-15(14)11-12-16-9-5-6-10-17(16)19-13-18-2;;/h3-6,8-9H,11-13H2,1-2H3;;/q-2;2*+1. The molecule has 0 amide bonds. The van der Waals surface area contributed by atoms with Gasteiger partial charge in [-0.25, -0.2) is 0 Å². The Labute approximate surface area is 151 Å². The number of methoxy groups -OCH3 is 1. The molecular formula is C17H18Li2O2. The Balaban J connectivity index is 0.00000200. The molecule has 2 rings (SSSR count). The number of benzene rings is 2. The molecule has 0 aliphatic heterocycles. The molecule has 4 heteroatoms. The molecule has 0 fully saturated rings. The van der Waals surface area contributed by atoms with Crippen LogP contribution in [0.15, 0.2) is 36.4 Å². The first-order chi connectivity index (χ1) is 9.31. The summed E-state index contributed by atoms with van der Waals surface area (Å²) in [7, 11) is 1.62. The topological polar surface area (TPSA) is 18.5 Å². The second-order valence-electron chi connectivity index (χ2n) is 4.40. The number of hydrogen-bond donors (Lipinski definition) is 0. The molecule has 2 aromatic rings. The van der Waals surface area contributed by atoms with E-state index in [0.717, 1.165) is 24.2 Å². The van der Waals surface area contributed by atoms with Crippen molar-refractivity contribution < 1.29 is 47.2 Å². The molecule has 0 heterocycles. The predicted molar refractivity (Wildman–Crippen MR) is 75.2 cm³/mol. The molecule has 0 atom stereocenters. The molecule has 0 bridgehead atoms. The summed E-state index contributed by atoms with van der Waals surface area (Å²) in [5.41, 5.74) is 3.69. The van der Waals surface area contributed by atoms with Crippen LogP contribution in [0.4, 0.5) is 0 Å². The molecule has 0 N–H and O–H groups in total. The third-order valence-corrected chi connectivity index (χ3v) is 3.06. The largest absolute Gasteiger partial charge is 1.00 e. The van der Waals surface area contributed by atoms with Gasteiger partial charge in [-0.2, -0.15) is 53.6 Å². The molecule has 0 aromatic heterocycles. The zero-order chi connectivity index (χ0) is 13.5. The average Bonchev–Trinajstić information content (AvgIpc) is 2.45. The van der Waals surface area contributed by atoms with E-state index in [1.54, 1.807) is 7.11 Å². The van der Waals surface area contributed by atoms with Crippen LogP contribution in [0.2, 0.25) is 0 Å². The summed E-state index contributed by atoms with van der Waals surface area (Å²) in [4.78, 5) is 0. The van der Waals surface area contributed by atoms with Crippen LogP contribution in [0, 0.1) is 19.1 Å². The molecule has 0 radical (unpaired) electrons. The van der Waals surface area contributed by atoms with Gasteiger partial charge in [0.05, 0.1) is 0 Å². The third kappa shape index (κ3) is 6.35. The number of para-hydroxylation sites is 1. The van der Waals surface area contributed by atoms with Gasteiger partial charge < -0.3 is 9.47 Å². The predicted octanol–water partition coefficient (Wildman–Crippen LogP) is -2.63. The second kappa shape index (κ2) is 11.0. The summed E-state index contributed by atoms with van der Waals surface area (Å²) >= 11 is 0. The van der Waals surface area contributed by atoms with Crippen molar-refractivity contribution in [1.29, 1.82) is 0 Å². The minimum Gasteiger partial charge on any atom is -0.493 e. The average molecular weight is 268 g/mol. The maximum absolute atomic E-state index is 5.52. The van der Waals surface area contributed by atoms with E-state index in [9.17, 15) is 0 Å². The van der Waals surface area contributed by atoms with Crippen LogP contribution in [0.5, 0.6) is 5.75 Å². The SMILES string of the molecule is COCOc1[c-]cccc1CCc1ccc[c-]c1C.[Li+].[Li+]. The molecule has 0 saturated heterocycles. The van der Waals surface area contributed by atoms with Crippen LogP contribution in [-0.4, -0.2) is 13.9 Å². The number of rotatable bonds is 6. The van der Waals surface area contributed by atoms with E-state index in [2.05, 4.69) is 31.2 Å². The Bertz CT molecular complexity index is 530. The summed E-state index contributed by atoms with van der Waals surface area (Å²) in [5, 5.41) is 0. The van der Waals surface area contributed by atoms with E-state index < -0.39 is 0 Å². The van der Waals surface area contributed by atoms with Gasteiger partial charge in [0.2, 0.25) is 0 Å². The molecule has 0 unspecified atom stereocenters. The molecule has 0 saturated carbocycles. The minimum atomic E-state index is 0. The monoisotopic (exact) mass is 268 g/mol. The fraction of sp³-hybridized carbons (Fsp3) is 0.294. The first-order valence-electron chi connectivity index (χ1n) is 6.38. The first-order valence-corrected chi connectivity index (χ1v) is 6.38. The minimum absolute atomic E-state index is 0. The van der Waals surface area contributed by atoms with Crippen molar-refractivity contribution >= 4 is 0 Å². The van der Waals surface area contributed by atoms with Crippen LogP contribution in [0.25, 0.3) is 0 Å². The van der Waals surface area contributed by atoms with E-state index in [0.29, 0.717) is 0 Å². The Morgan fingerprint density at radius 2 is 1.57 bits per heavy atom. The van der Waals surface area contributed by atoms with Gasteiger partial charge in [0.1, 0.15) is 0 Å². The Hall–Kier alpha value is -0.605. The fourth-order valence-corrected chi connectivity index (χ4v) is 2.00. The summed E-state index contributed by atoms with van der Waals surface area (Å²) in [6.45, 7) is 2.35. The Kier molecular flexibility index (Phi) is 10.7. The van der Waals surface area contributed by atoms with Crippen molar-refractivity contribution in [2.24, 2.45) is 0 Å². The van der Waals surface area contributed by atoms with Crippen LogP contribution in [0.3, 0.4) is 0 Å². The zero-order valence-electron chi connectivity index (χ0n) is 13.4. The molecule has 100 valence electrons. The van der Waals surface area contributed by atoms with Gasteiger partial charge in [-0.3, -0.25) is 0 Å². The molecule has 0 aliphatic carbocycles. The van der Waals surface area contributed by atoms with E-state index >= 15 is 0 Å². The summed E-state index contributed by atoms with van der Waals surface area (Å²) in [5.74, 6) is 0.780. The second-order valence-corrected chi connectivity index (χ2v) is 4.40. The number of ether oxygens (including phenoxy) is 2. The zero-order valence-corrected chi connectivity index (χ0v) is 13.4. The Morgan fingerprint density at radius 1 is 0.952 bits per heavy atom. The van der Waals surface area contributed by atoms with Gasteiger partial charge in [-0.05, 0) is 0 Å². The summed E-state index contributed by atoms with van der Waals surface area (Å²) < 4.78 is 10.5. The quantitative estimate of drug-likeness (QED) is 0.324. The first kappa shape index (κ1) is 20.4. The molecule has 0 spiro atoms. The molecule has 21 heavy (non-hydrogen) atoms. The van der Waals surface area contributed by atoms with Gasteiger partial charge in [0, 0.05) is 12.9 Å². The number of hydrogen-bond acceptors (Lipinski definition) is 2. The fourth-order valence-electron chi connectivity index (χ4n) is 2.00. The van der Waals surface area contributed by atoms with Crippen LogP contribution >= 0.6 is 0 Å². The Morgan fingerprint density at radius 3 is 2.24 bits per heavy atom. The van der Waals surface area contributed by atoms with Crippen molar-refractivity contribution in [2.45, 2.75) is 19.8 Å². The van der Waals surface area contributed by atoms with Gasteiger partial charge in [-0.1, -0.05) is 19.8 Å². The third-order valence-electron chi connectivity index (χ3n) is 3.06. The van der Waals surface area contributed by atoms with Crippen molar-refractivity contribution in [1.82, 2.24) is 0 Å². The van der Waals surface area contributed by atoms with Gasteiger partial charge >= 0.3 is 37.7 Å². The van der Waals surface area contributed by atoms with Gasteiger partial charge in [0.15, 0.2) is 6.79 Å². The van der Waals surface area contributed by atoms with E-state index in [1.807, 2.05) is 24.3 Å². The molecule has 0 aliphatic rings. The van der Waals surface area contributed by atoms with E-state index in [-0.39, 0.29) is 44.5 Å². The van der Waals surface area contributed by atoms with Crippen molar-refractivity contribution in [2.75, 3.05) is 13.9 Å². The molecule has 2 aromatic carbocycles. The normalized spacial score (nSPS) is 9.43. The van der Waals surface area contributed by atoms with E-state index in [1.165, 1.54) is 11.1 Å². The van der Waals surface area contributed by atoms with Gasteiger partial charge in [0.25, 0.3) is 0 Å². The maximum atomic E-state index is 5.52. The van der Waals surface area contributed by atoms with Crippen LogP contribution < -0.4 is 42.5 Å². The van der Waals surface area contributed by atoms with Crippen LogP contribution in [0.1, 0.15) is 16.7 Å². The summed E-state index contributed by atoms with van der Waals surface area (Å²) in [6.07, 6.45) is 1.90. The van der Waals surface area contributed by atoms with Gasteiger partial charge in [-0.15, -0.1) is 11.6 Å². The van der Waals surface area contributed by atoms with Crippen molar-refractivity contribution in [3.8, 4) is 5.75 Å². The summed E-state index contributed by atoms with van der Waals surface area (Å²) in [6, 6.07) is 18.4.